The summed E-state index contributed by atoms with van der Waals surface area (Å²) in [6.45, 7) is 7.06. The number of benzene rings is 2. The van der Waals surface area contributed by atoms with Crippen LogP contribution in [0.2, 0.25) is 0 Å². The molecule has 2 saturated heterocycles. The largest absolute Gasteiger partial charge is 0.496 e. The fourth-order valence-corrected chi connectivity index (χ4v) is 4.38. The van der Waals surface area contributed by atoms with Crippen LogP contribution in [-0.4, -0.2) is 74.5 Å². The van der Waals surface area contributed by atoms with E-state index in [1.807, 2.05) is 36.1 Å². The van der Waals surface area contributed by atoms with Crippen molar-refractivity contribution in [3.8, 4) is 5.75 Å². The highest BCUT2D eigenvalue weighted by Crippen LogP contribution is 2.22. The molecule has 0 atom stereocenters. The van der Waals surface area contributed by atoms with Gasteiger partial charge >= 0.3 is 0 Å². The summed E-state index contributed by atoms with van der Waals surface area (Å²) in [5, 5.41) is 2.99. The number of hydrogen-bond acceptors (Lipinski definition) is 5. The molecule has 0 saturated carbocycles. The van der Waals surface area contributed by atoms with Crippen molar-refractivity contribution in [1.82, 2.24) is 9.80 Å². The Morgan fingerprint density at radius 2 is 1.62 bits per heavy atom. The zero-order chi connectivity index (χ0) is 22.5. The number of nitrogens with one attached hydrogen (secondary N) is 1. The molecule has 7 heteroatoms. The van der Waals surface area contributed by atoms with Crippen LogP contribution in [0.25, 0.3) is 0 Å². The van der Waals surface area contributed by atoms with Crippen LogP contribution in [0, 0.1) is 6.92 Å². The standard InChI is InChI=1S/C25H32N4O3/c1-19-5-6-20(17-23(19)32-2)25(31)29-15-13-27(14-16-29)18-24(30)26-21-7-9-22(10-8-21)28-11-3-4-12-28/h5-10,17H,3-4,11-16,18H2,1-2H3,(H,26,30). The quantitative estimate of drug-likeness (QED) is 0.754. The zero-order valence-electron chi connectivity index (χ0n) is 19.0. The minimum absolute atomic E-state index is 0.00509. The van der Waals surface area contributed by atoms with Crippen molar-refractivity contribution in [2.45, 2.75) is 19.8 Å². The third-order valence-electron chi connectivity index (χ3n) is 6.30. The topological polar surface area (TPSA) is 65.1 Å². The molecule has 0 aliphatic carbocycles. The molecule has 0 unspecified atom stereocenters. The van der Waals surface area contributed by atoms with E-state index in [9.17, 15) is 9.59 Å². The first kappa shape index (κ1) is 22.1. The lowest BCUT2D eigenvalue weighted by Gasteiger charge is -2.34. The van der Waals surface area contributed by atoms with Crippen LogP contribution in [0.4, 0.5) is 11.4 Å². The zero-order valence-corrected chi connectivity index (χ0v) is 19.0. The Kier molecular flexibility index (Phi) is 6.95. The average molecular weight is 437 g/mol. The second-order valence-electron chi connectivity index (χ2n) is 8.54. The van der Waals surface area contributed by atoms with Gasteiger partial charge in [0.2, 0.25) is 5.91 Å². The molecule has 0 radical (unpaired) electrons. The molecule has 0 spiro atoms. The van der Waals surface area contributed by atoms with E-state index >= 15 is 0 Å². The van der Waals surface area contributed by atoms with Crippen LogP contribution in [0.1, 0.15) is 28.8 Å². The van der Waals surface area contributed by atoms with Crippen molar-refractivity contribution >= 4 is 23.2 Å². The summed E-state index contributed by atoms with van der Waals surface area (Å²) in [6, 6.07) is 13.6. The molecule has 4 rings (SSSR count). The van der Waals surface area contributed by atoms with E-state index in [4.69, 9.17) is 4.74 Å². The molecule has 170 valence electrons. The number of nitrogens with zero attached hydrogens (tertiary/aromatic N) is 3. The third kappa shape index (κ3) is 5.22. The predicted molar refractivity (Wildman–Crippen MR) is 127 cm³/mol. The van der Waals surface area contributed by atoms with Crippen LogP contribution >= 0.6 is 0 Å². The van der Waals surface area contributed by atoms with Crippen molar-refractivity contribution in [1.29, 1.82) is 0 Å². The average Bonchev–Trinajstić information content (AvgIpc) is 3.35. The number of carbonyl (C=O) groups excluding carboxylic acids is 2. The van der Waals surface area contributed by atoms with Crippen molar-refractivity contribution in [3.05, 3.63) is 53.6 Å². The molecular weight excluding hydrogens is 404 g/mol. The molecule has 0 bridgehead atoms. The first-order valence-electron chi connectivity index (χ1n) is 11.3. The molecule has 7 nitrogen and oxygen atoms in total. The second-order valence-corrected chi connectivity index (χ2v) is 8.54. The second kappa shape index (κ2) is 10.0. The SMILES string of the molecule is COc1cc(C(=O)N2CCN(CC(=O)Nc3ccc(N4CCCC4)cc3)CC2)ccc1C. The van der Waals surface area contributed by atoms with Gasteiger partial charge in [0.05, 0.1) is 13.7 Å². The van der Waals surface area contributed by atoms with E-state index in [1.54, 1.807) is 13.2 Å². The highest BCUT2D eigenvalue weighted by atomic mass is 16.5. The van der Waals surface area contributed by atoms with E-state index < -0.39 is 0 Å². The van der Waals surface area contributed by atoms with Gasteiger partial charge in [0.1, 0.15) is 5.75 Å². The van der Waals surface area contributed by atoms with Crippen molar-refractivity contribution < 1.29 is 14.3 Å². The van der Waals surface area contributed by atoms with Crippen molar-refractivity contribution in [2.24, 2.45) is 0 Å². The van der Waals surface area contributed by atoms with Crippen molar-refractivity contribution in [2.75, 3.05) is 63.1 Å². The maximum Gasteiger partial charge on any atom is 0.254 e. The molecule has 2 aliphatic rings. The van der Waals surface area contributed by atoms with Crippen LogP contribution in [0.15, 0.2) is 42.5 Å². The van der Waals surface area contributed by atoms with E-state index in [-0.39, 0.29) is 11.8 Å². The van der Waals surface area contributed by atoms with Gasteiger partial charge in [0.25, 0.3) is 5.91 Å². The number of ether oxygens (including phenoxy) is 1. The Morgan fingerprint density at radius 3 is 2.28 bits per heavy atom. The Bertz CT molecular complexity index is 946. The number of anilines is 2. The highest BCUT2D eigenvalue weighted by molar-refractivity contribution is 5.95. The van der Waals surface area contributed by atoms with Gasteiger partial charge in [-0.25, -0.2) is 0 Å². The minimum atomic E-state index is -0.0260. The summed E-state index contributed by atoms with van der Waals surface area (Å²) in [4.78, 5) is 31.7. The van der Waals surface area contributed by atoms with Gasteiger partial charge in [-0.2, -0.15) is 0 Å². The number of hydrogen-bond donors (Lipinski definition) is 1. The van der Waals surface area contributed by atoms with Crippen molar-refractivity contribution in [3.63, 3.8) is 0 Å². The van der Waals surface area contributed by atoms with Gasteiger partial charge in [-0.05, 0) is 61.7 Å². The third-order valence-corrected chi connectivity index (χ3v) is 6.30. The smallest absolute Gasteiger partial charge is 0.254 e. The Balaban J connectivity index is 1.24. The molecule has 0 aromatic heterocycles. The predicted octanol–water partition coefficient (Wildman–Crippen LogP) is 3.00. The number of rotatable bonds is 6. The van der Waals surface area contributed by atoms with Crippen LogP contribution < -0.4 is 15.0 Å². The number of methoxy groups -OCH3 is 1. The molecule has 2 aromatic carbocycles. The molecular formula is C25H32N4O3. The molecule has 2 fully saturated rings. The van der Waals surface area contributed by atoms with Gasteiger partial charge in [-0.1, -0.05) is 6.07 Å². The maximum absolute atomic E-state index is 12.8. The Hall–Kier alpha value is -3.06. The number of aryl methyl sites for hydroxylation is 1. The maximum atomic E-state index is 12.8. The summed E-state index contributed by atoms with van der Waals surface area (Å²) < 4.78 is 5.34. The summed E-state index contributed by atoms with van der Waals surface area (Å²) in [6.07, 6.45) is 2.49. The monoisotopic (exact) mass is 436 g/mol. The van der Waals surface area contributed by atoms with E-state index in [1.165, 1.54) is 18.5 Å². The summed E-state index contributed by atoms with van der Waals surface area (Å²) >= 11 is 0. The lowest BCUT2D eigenvalue weighted by atomic mass is 10.1. The lowest BCUT2D eigenvalue weighted by Crippen LogP contribution is -2.50. The molecule has 2 amide bonds. The molecule has 1 N–H and O–H groups in total. The van der Waals surface area contributed by atoms with Gasteiger partial charge < -0.3 is 19.9 Å². The fraction of sp³-hybridized carbons (Fsp3) is 0.440. The van der Waals surface area contributed by atoms with E-state index in [0.29, 0.717) is 38.3 Å². The van der Waals surface area contributed by atoms with Gasteiger partial charge in [-0.3, -0.25) is 14.5 Å². The Morgan fingerprint density at radius 1 is 0.938 bits per heavy atom. The molecule has 32 heavy (non-hydrogen) atoms. The minimum Gasteiger partial charge on any atom is -0.496 e. The number of amides is 2. The van der Waals surface area contributed by atoms with Gasteiger partial charge in [0.15, 0.2) is 0 Å². The Labute approximate surface area is 189 Å². The van der Waals surface area contributed by atoms with Crippen LogP contribution in [0.3, 0.4) is 0 Å². The summed E-state index contributed by atoms with van der Waals surface area (Å²) in [5.74, 6) is 0.701. The van der Waals surface area contributed by atoms with Crippen LogP contribution in [0.5, 0.6) is 5.75 Å². The highest BCUT2D eigenvalue weighted by Gasteiger charge is 2.24. The van der Waals surface area contributed by atoms with Gasteiger partial charge in [-0.15, -0.1) is 0 Å². The van der Waals surface area contributed by atoms with E-state index in [0.717, 1.165) is 30.1 Å². The number of piperazine rings is 1. The van der Waals surface area contributed by atoms with Crippen LogP contribution in [-0.2, 0) is 4.79 Å². The summed E-state index contributed by atoms with van der Waals surface area (Å²) in [7, 11) is 1.61. The molecule has 2 heterocycles. The first-order valence-corrected chi connectivity index (χ1v) is 11.3. The lowest BCUT2D eigenvalue weighted by molar-refractivity contribution is -0.117. The summed E-state index contributed by atoms with van der Waals surface area (Å²) in [5.41, 5.74) is 3.68. The normalized spacial score (nSPS) is 16.8. The molecule has 2 aromatic rings. The van der Waals surface area contributed by atoms with Gasteiger partial charge in [0, 0.05) is 56.2 Å². The fourth-order valence-electron chi connectivity index (χ4n) is 4.38. The first-order chi connectivity index (χ1) is 15.5. The number of carbonyl (C=O) groups is 2. The van der Waals surface area contributed by atoms with E-state index in [2.05, 4.69) is 27.2 Å². The molecule has 2 aliphatic heterocycles.